The molecule has 2 saturated heterocycles. The molecule has 286 valence electrons. The zero-order valence-corrected chi connectivity index (χ0v) is 33.3. The summed E-state index contributed by atoms with van der Waals surface area (Å²) < 4.78 is 11.6. The molecular weight excluding hydrogens is 825 g/mol. The van der Waals surface area contributed by atoms with Gasteiger partial charge in [-0.3, -0.25) is 34.3 Å². The van der Waals surface area contributed by atoms with Gasteiger partial charge < -0.3 is 14.6 Å². The number of nitrogens with zero attached hydrogens (tertiary/aromatic N) is 2. The summed E-state index contributed by atoms with van der Waals surface area (Å²) >= 11 is 16.3. The standard InChI is InChI=1S/C42H34BrCl2N3O8/c1-20(49)21-4-9-25(10-5-21)47-38(51)28-14-13-27-29(35(28)40(47)53)19-31-39(52)48(46-33-15-8-24(44)18-32(33)45)41(54)42(31,22-6-11-26(55-2)12-7-22)36(27)30-16-23(43)17-34(56-3)37(30)50/h4-13,15-18,28-29,31,35-36,46,50H,14,19H2,1-3H3. The van der Waals surface area contributed by atoms with E-state index in [0.29, 0.717) is 37.6 Å². The van der Waals surface area contributed by atoms with Gasteiger partial charge in [-0.2, -0.15) is 5.01 Å². The first-order chi connectivity index (χ1) is 26.8. The van der Waals surface area contributed by atoms with Crippen molar-refractivity contribution in [3.63, 3.8) is 0 Å². The first-order valence-corrected chi connectivity index (χ1v) is 19.4. The summed E-state index contributed by atoms with van der Waals surface area (Å²) in [5.74, 6) is -6.29. The summed E-state index contributed by atoms with van der Waals surface area (Å²) in [7, 11) is 2.93. The lowest BCUT2D eigenvalue weighted by molar-refractivity contribution is -0.138. The van der Waals surface area contributed by atoms with Crippen LogP contribution >= 0.6 is 39.1 Å². The van der Waals surface area contributed by atoms with Gasteiger partial charge in [-0.05, 0) is 98.0 Å². The fourth-order valence-corrected chi connectivity index (χ4v) is 10.2. The molecule has 1 saturated carbocycles. The number of nitrogens with one attached hydrogen (secondary N) is 1. The van der Waals surface area contributed by atoms with Gasteiger partial charge in [0, 0.05) is 26.5 Å². The van der Waals surface area contributed by atoms with Gasteiger partial charge in [-0.15, -0.1) is 0 Å². The molecule has 3 fully saturated rings. The number of phenols is 1. The highest BCUT2D eigenvalue weighted by molar-refractivity contribution is 9.10. The average Bonchev–Trinajstić information content (AvgIpc) is 3.57. The van der Waals surface area contributed by atoms with E-state index in [1.807, 2.05) is 6.08 Å². The lowest BCUT2D eigenvalue weighted by Gasteiger charge is -2.50. The Hall–Kier alpha value is -5.17. The minimum atomic E-state index is -1.69. The summed E-state index contributed by atoms with van der Waals surface area (Å²) in [6, 6.07) is 21.1. The second-order valence-corrected chi connectivity index (χ2v) is 16.1. The third-order valence-corrected chi connectivity index (χ3v) is 12.7. The monoisotopic (exact) mass is 857 g/mol. The van der Waals surface area contributed by atoms with E-state index in [0.717, 1.165) is 9.91 Å². The highest BCUT2D eigenvalue weighted by Crippen LogP contribution is 2.65. The fourth-order valence-electron chi connectivity index (χ4n) is 9.26. The van der Waals surface area contributed by atoms with Crippen LogP contribution in [0.3, 0.4) is 0 Å². The lowest BCUT2D eigenvalue weighted by atomic mass is 9.49. The van der Waals surface area contributed by atoms with Gasteiger partial charge in [-0.25, -0.2) is 0 Å². The van der Waals surface area contributed by atoms with Crippen LogP contribution in [0.2, 0.25) is 10.0 Å². The summed E-state index contributed by atoms with van der Waals surface area (Å²) in [5.41, 5.74) is 3.68. The molecule has 0 aromatic heterocycles. The minimum Gasteiger partial charge on any atom is -0.504 e. The van der Waals surface area contributed by atoms with Crippen LogP contribution in [0.4, 0.5) is 11.4 Å². The van der Waals surface area contributed by atoms with Crippen LogP contribution in [0.25, 0.3) is 0 Å². The van der Waals surface area contributed by atoms with E-state index in [-0.39, 0.29) is 46.4 Å². The molecule has 6 unspecified atom stereocenters. The van der Waals surface area contributed by atoms with Crippen molar-refractivity contribution in [3.05, 3.63) is 122 Å². The number of halogens is 3. The van der Waals surface area contributed by atoms with E-state index in [9.17, 15) is 19.5 Å². The molecule has 0 radical (unpaired) electrons. The van der Waals surface area contributed by atoms with Gasteiger partial charge in [0.15, 0.2) is 17.3 Å². The maximum absolute atomic E-state index is 15.5. The third-order valence-electron chi connectivity index (χ3n) is 11.7. The number of rotatable bonds is 8. The number of aromatic hydroxyl groups is 1. The van der Waals surface area contributed by atoms with E-state index in [4.69, 9.17) is 32.7 Å². The molecule has 56 heavy (non-hydrogen) atoms. The Morgan fingerprint density at radius 2 is 1.61 bits per heavy atom. The molecule has 2 heterocycles. The topological polar surface area (TPSA) is 143 Å². The van der Waals surface area contributed by atoms with Gasteiger partial charge in [0.1, 0.15) is 5.75 Å². The van der Waals surface area contributed by atoms with E-state index in [1.165, 1.54) is 27.2 Å². The number of benzene rings is 4. The number of carbonyl (C=O) groups is 5. The first kappa shape index (κ1) is 37.7. The molecule has 8 rings (SSSR count). The molecular formula is C42H34BrCl2N3O8. The molecule has 4 aliphatic rings. The number of fused-ring (bicyclic) bond motifs is 4. The molecule has 0 bridgehead atoms. The number of imide groups is 2. The average molecular weight is 860 g/mol. The van der Waals surface area contributed by atoms with Crippen LogP contribution in [0, 0.1) is 23.7 Å². The lowest BCUT2D eigenvalue weighted by Crippen LogP contribution is -2.53. The predicted molar refractivity (Wildman–Crippen MR) is 212 cm³/mol. The third kappa shape index (κ3) is 5.63. The summed E-state index contributed by atoms with van der Waals surface area (Å²) in [6.45, 7) is 1.43. The van der Waals surface area contributed by atoms with E-state index in [2.05, 4.69) is 21.4 Å². The Balaban J connectivity index is 1.34. The normalized spacial score (nSPS) is 25.4. The van der Waals surface area contributed by atoms with E-state index in [1.54, 1.807) is 72.8 Å². The van der Waals surface area contributed by atoms with Crippen molar-refractivity contribution in [1.82, 2.24) is 5.01 Å². The van der Waals surface area contributed by atoms with Crippen LogP contribution in [0.1, 0.15) is 47.2 Å². The number of hydrazine groups is 1. The predicted octanol–water partition coefficient (Wildman–Crippen LogP) is 7.87. The zero-order valence-electron chi connectivity index (χ0n) is 30.2. The number of amides is 4. The van der Waals surface area contributed by atoms with Gasteiger partial charge in [0.2, 0.25) is 11.8 Å². The van der Waals surface area contributed by atoms with Crippen molar-refractivity contribution < 1.29 is 38.6 Å². The van der Waals surface area contributed by atoms with Crippen LogP contribution < -0.4 is 19.8 Å². The maximum atomic E-state index is 15.5. The summed E-state index contributed by atoms with van der Waals surface area (Å²) in [4.78, 5) is 72.5. The molecule has 4 aromatic carbocycles. The molecule has 0 spiro atoms. The van der Waals surface area contributed by atoms with Gasteiger partial charge in [0.05, 0.1) is 53.8 Å². The first-order valence-electron chi connectivity index (χ1n) is 17.8. The molecule has 4 aromatic rings. The largest absolute Gasteiger partial charge is 0.504 e. The van der Waals surface area contributed by atoms with Crippen molar-refractivity contribution in [2.45, 2.75) is 31.1 Å². The Labute approximate surface area is 340 Å². The van der Waals surface area contributed by atoms with E-state index >= 15 is 9.59 Å². The van der Waals surface area contributed by atoms with Gasteiger partial charge in [0.25, 0.3) is 11.8 Å². The SMILES string of the molecule is COc1ccc(C23C(=O)N(Nc4ccc(Cl)cc4Cl)C(=O)C2CC2C(=CCC4C(=O)N(c5ccc(C(C)=O)cc5)C(=O)C42)C3c2cc(Br)cc(OC)c2O)cc1. The minimum absolute atomic E-state index is 0.0225. The maximum Gasteiger partial charge on any atom is 0.260 e. The number of phenolic OH excluding ortho intramolecular Hbond substituents is 1. The van der Waals surface area contributed by atoms with Crippen molar-refractivity contribution in [3.8, 4) is 17.2 Å². The summed E-state index contributed by atoms with van der Waals surface area (Å²) in [5, 5.41) is 13.5. The number of carbonyl (C=O) groups excluding carboxylic acids is 5. The van der Waals surface area contributed by atoms with E-state index < -0.39 is 58.6 Å². The second kappa shape index (κ2) is 14.1. The van der Waals surface area contributed by atoms with Crippen molar-refractivity contribution in [2.24, 2.45) is 23.7 Å². The Morgan fingerprint density at radius 1 is 0.893 bits per heavy atom. The number of hydrogen-bond donors (Lipinski definition) is 2. The zero-order chi connectivity index (χ0) is 39.8. The van der Waals surface area contributed by atoms with Crippen LogP contribution in [0.15, 0.2) is 95.0 Å². The van der Waals surface area contributed by atoms with Gasteiger partial charge >= 0.3 is 0 Å². The van der Waals surface area contributed by atoms with Crippen molar-refractivity contribution in [1.29, 1.82) is 0 Å². The quantitative estimate of drug-likeness (QED) is 0.103. The van der Waals surface area contributed by atoms with Gasteiger partial charge in [-0.1, -0.05) is 62.9 Å². The fraction of sp³-hybridized carbons (Fsp3) is 0.262. The summed E-state index contributed by atoms with van der Waals surface area (Å²) in [6.07, 6.45) is 2.08. The molecule has 2 aliphatic carbocycles. The smallest absolute Gasteiger partial charge is 0.260 e. The number of hydrogen-bond acceptors (Lipinski definition) is 9. The number of ketones is 1. The van der Waals surface area contributed by atoms with Crippen LogP contribution in [-0.4, -0.2) is 53.7 Å². The Kier molecular flexibility index (Phi) is 9.50. The number of allylic oxidation sites excluding steroid dienone is 2. The molecule has 2 aliphatic heterocycles. The van der Waals surface area contributed by atoms with Crippen LogP contribution in [0.5, 0.6) is 17.2 Å². The number of anilines is 2. The molecule has 6 atom stereocenters. The Morgan fingerprint density at radius 3 is 2.25 bits per heavy atom. The molecule has 2 N–H and O–H groups in total. The molecule has 11 nitrogen and oxygen atoms in total. The van der Waals surface area contributed by atoms with Crippen molar-refractivity contribution in [2.75, 3.05) is 24.5 Å². The highest BCUT2D eigenvalue weighted by atomic mass is 79.9. The highest BCUT2D eigenvalue weighted by Gasteiger charge is 2.71. The molecule has 4 amide bonds. The number of Topliss-reactive ketones (excluding diaryl/α,β-unsaturated/α-hetero) is 1. The molecule has 14 heteroatoms. The number of methoxy groups -OCH3 is 2. The van der Waals surface area contributed by atoms with Crippen LogP contribution in [-0.2, 0) is 24.6 Å². The van der Waals surface area contributed by atoms with Crippen molar-refractivity contribution >= 4 is 79.9 Å². The Bertz CT molecular complexity index is 2390. The second-order valence-electron chi connectivity index (χ2n) is 14.4. The number of ether oxygens (including phenoxy) is 2.